The Kier molecular flexibility index (Phi) is 5.09. The predicted octanol–water partition coefficient (Wildman–Crippen LogP) is 3.60. The lowest BCUT2D eigenvalue weighted by molar-refractivity contribution is -0.117. The minimum atomic E-state index is -0.899. The lowest BCUT2D eigenvalue weighted by atomic mass is 10.0. The van der Waals surface area contributed by atoms with Crippen LogP contribution in [0.15, 0.2) is 42.5 Å². The van der Waals surface area contributed by atoms with Gasteiger partial charge in [0.05, 0.1) is 16.9 Å². The Morgan fingerprint density at radius 3 is 2.62 bits per heavy atom. The molecule has 2 aromatic rings. The van der Waals surface area contributed by atoms with Crippen molar-refractivity contribution in [1.82, 2.24) is 0 Å². The first kappa shape index (κ1) is 19.2. The van der Waals surface area contributed by atoms with Crippen molar-refractivity contribution in [3.8, 4) is 0 Å². The molecule has 2 atom stereocenters. The molecule has 0 unspecified atom stereocenters. The Morgan fingerprint density at radius 2 is 1.90 bits per heavy atom. The van der Waals surface area contributed by atoms with Crippen molar-refractivity contribution in [2.45, 2.75) is 45.3 Å². The number of hydrogen-bond donors (Lipinski definition) is 1. The number of anilines is 2. The lowest BCUT2D eigenvalue weighted by Gasteiger charge is -2.33. The number of Topliss-reactive ketones (excluding diaryl/α,β-unsaturated/α-hetero) is 1. The molecule has 0 spiro atoms. The number of ether oxygens (including phenoxy) is 1. The Morgan fingerprint density at radius 1 is 1.17 bits per heavy atom. The summed E-state index contributed by atoms with van der Waals surface area (Å²) in [5, 5.41) is 2.88. The average molecular weight is 392 g/mol. The van der Waals surface area contributed by atoms with Crippen molar-refractivity contribution in [3.05, 3.63) is 59.2 Å². The van der Waals surface area contributed by atoms with Gasteiger partial charge in [0.15, 0.2) is 6.10 Å². The molecule has 0 aromatic heterocycles. The van der Waals surface area contributed by atoms with Crippen LogP contribution in [0.2, 0.25) is 0 Å². The van der Waals surface area contributed by atoms with Gasteiger partial charge in [-0.2, -0.15) is 0 Å². The van der Waals surface area contributed by atoms with Crippen molar-refractivity contribution in [2.75, 3.05) is 16.8 Å². The van der Waals surface area contributed by atoms with E-state index in [0.717, 1.165) is 37.1 Å². The highest BCUT2D eigenvalue weighted by molar-refractivity contribution is 6.06. The van der Waals surface area contributed by atoms with E-state index in [1.54, 1.807) is 31.2 Å². The topological polar surface area (TPSA) is 75.7 Å². The third kappa shape index (κ3) is 3.62. The zero-order valence-corrected chi connectivity index (χ0v) is 16.6. The zero-order chi connectivity index (χ0) is 20.5. The Labute approximate surface area is 169 Å². The summed E-state index contributed by atoms with van der Waals surface area (Å²) < 4.78 is 5.40. The van der Waals surface area contributed by atoms with Gasteiger partial charge in [0, 0.05) is 12.1 Å². The summed E-state index contributed by atoms with van der Waals surface area (Å²) in [5.74, 6) is -0.872. The molecule has 2 aliphatic heterocycles. The molecule has 2 heterocycles. The van der Waals surface area contributed by atoms with E-state index in [4.69, 9.17) is 4.74 Å². The Balaban J connectivity index is 1.47. The maximum absolute atomic E-state index is 12.6. The molecular formula is C23H24N2O4. The van der Waals surface area contributed by atoms with Crippen LogP contribution in [0.25, 0.3) is 0 Å². The fourth-order valence-corrected chi connectivity index (χ4v) is 3.98. The number of ketones is 1. The maximum atomic E-state index is 12.6. The fraction of sp³-hybridized carbons (Fsp3) is 0.348. The minimum Gasteiger partial charge on any atom is -0.451 e. The van der Waals surface area contributed by atoms with E-state index in [9.17, 15) is 14.4 Å². The molecule has 1 fully saturated rings. The number of hydrogen-bond acceptors (Lipinski definition) is 5. The molecule has 0 aliphatic carbocycles. The van der Waals surface area contributed by atoms with E-state index in [2.05, 4.69) is 10.2 Å². The van der Waals surface area contributed by atoms with Crippen molar-refractivity contribution < 1.29 is 19.1 Å². The number of nitrogens with zero attached hydrogens (tertiary/aromatic N) is 1. The lowest BCUT2D eigenvalue weighted by Crippen LogP contribution is -2.43. The maximum Gasteiger partial charge on any atom is 0.338 e. The Hall–Kier alpha value is -3.15. The van der Waals surface area contributed by atoms with Crippen LogP contribution in [0.3, 0.4) is 0 Å². The highest BCUT2D eigenvalue weighted by atomic mass is 16.5. The SMILES string of the molecule is CCc1ccc(C(=O)[C@@H](C)OC(=O)c2ccc3c(c2)NC(=O)[C@@H]2CCCN32)cc1. The first-order valence-electron chi connectivity index (χ1n) is 10.0. The van der Waals surface area contributed by atoms with Crippen molar-refractivity contribution >= 4 is 29.0 Å². The molecule has 2 aliphatic rings. The van der Waals surface area contributed by atoms with Gasteiger partial charge >= 0.3 is 5.97 Å². The number of nitrogens with one attached hydrogen (secondary N) is 1. The van der Waals surface area contributed by atoms with E-state index in [1.807, 2.05) is 25.1 Å². The van der Waals surface area contributed by atoms with Crippen LogP contribution in [0, 0.1) is 0 Å². The van der Waals surface area contributed by atoms with E-state index >= 15 is 0 Å². The molecule has 1 N–H and O–H groups in total. The summed E-state index contributed by atoms with van der Waals surface area (Å²) in [6.45, 7) is 4.45. The van der Waals surface area contributed by atoms with Crippen LogP contribution in [-0.2, 0) is 16.0 Å². The van der Waals surface area contributed by atoms with Gasteiger partial charge in [0.25, 0.3) is 0 Å². The van der Waals surface area contributed by atoms with Gasteiger partial charge in [-0.1, -0.05) is 31.2 Å². The van der Waals surface area contributed by atoms with Crippen LogP contribution in [0.1, 0.15) is 53.0 Å². The molecule has 6 heteroatoms. The largest absolute Gasteiger partial charge is 0.451 e. The van der Waals surface area contributed by atoms with E-state index < -0.39 is 12.1 Å². The molecule has 1 saturated heterocycles. The van der Waals surface area contributed by atoms with Crippen LogP contribution in [0.5, 0.6) is 0 Å². The highest BCUT2D eigenvalue weighted by Crippen LogP contribution is 2.37. The number of aryl methyl sites for hydroxylation is 1. The molecule has 1 amide bonds. The average Bonchev–Trinajstić information content (AvgIpc) is 3.23. The number of fused-ring (bicyclic) bond motifs is 3. The molecule has 29 heavy (non-hydrogen) atoms. The fourth-order valence-electron chi connectivity index (χ4n) is 3.98. The standard InChI is InChI=1S/C23H24N2O4/c1-3-15-6-8-16(9-7-15)21(26)14(2)29-23(28)17-10-11-19-18(13-17)24-22(27)20-5-4-12-25(19)20/h6-11,13-14,20H,3-5,12H2,1-2H3,(H,24,27)/t14-,20+/m1/s1. The molecule has 150 valence electrons. The summed E-state index contributed by atoms with van der Waals surface area (Å²) in [6.07, 6.45) is 1.81. The summed E-state index contributed by atoms with van der Waals surface area (Å²) in [6, 6.07) is 12.3. The predicted molar refractivity (Wildman–Crippen MR) is 110 cm³/mol. The van der Waals surface area contributed by atoms with Crippen LogP contribution < -0.4 is 10.2 Å². The zero-order valence-electron chi connectivity index (χ0n) is 16.6. The quantitative estimate of drug-likeness (QED) is 0.622. The molecule has 2 aromatic carbocycles. The second-order valence-corrected chi connectivity index (χ2v) is 7.53. The highest BCUT2D eigenvalue weighted by Gasteiger charge is 2.36. The van der Waals surface area contributed by atoms with Crippen molar-refractivity contribution in [2.24, 2.45) is 0 Å². The number of carbonyl (C=O) groups is 3. The molecule has 0 radical (unpaired) electrons. The third-order valence-corrected chi connectivity index (χ3v) is 5.65. The van der Waals surface area contributed by atoms with E-state index in [1.165, 1.54) is 0 Å². The number of benzene rings is 2. The number of carbonyl (C=O) groups excluding carboxylic acids is 3. The normalized spacial score (nSPS) is 18.5. The second kappa shape index (κ2) is 7.70. The summed E-state index contributed by atoms with van der Waals surface area (Å²) in [7, 11) is 0. The molecular weight excluding hydrogens is 368 g/mol. The number of rotatable bonds is 5. The van der Waals surface area contributed by atoms with Gasteiger partial charge in [-0.3, -0.25) is 9.59 Å². The van der Waals surface area contributed by atoms with Crippen molar-refractivity contribution in [3.63, 3.8) is 0 Å². The summed E-state index contributed by atoms with van der Waals surface area (Å²) in [5.41, 5.74) is 3.49. The number of esters is 1. The van der Waals surface area contributed by atoms with Gasteiger partial charge in [-0.25, -0.2) is 4.79 Å². The second-order valence-electron chi connectivity index (χ2n) is 7.53. The third-order valence-electron chi connectivity index (χ3n) is 5.65. The molecule has 6 nitrogen and oxygen atoms in total. The molecule has 4 rings (SSSR count). The minimum absolute atomic E-state index is 0.0420. The van der Waals surface area contributed by atoms with Gasteiger partial charge in [0.2, 0.25) is 11.7 Å². The van der Waals surface area contributed by atoms with Crippen LogP contribution in [0.4, 0.5) is 11.4 Å². The molecule has 0 bridgehead atoms. The molecule has 0 saturated carbocycles. The van der Waals surface area contributed by atoms with Crippen molar-refractivity contribution in [1.29, 1.82) is 0 Å². The van der Waals surface area contributed by atoms with E-state index in [0.29, 0.717) is 16.8 Å². The van der Waals surface area contributed by atoms with Crippen LogP contribution >= 0.6 is 0 Å². The summed E-state index contributed by atoms with van der Waals surface area (Å²) >= 11 is 0. The summed E-state index contributed by atoms with van der Waals surface area (Å²) in [4.78, 5) is 39.5. The first-order chi connectivity index (χ1) is 14.0. The first-order valence-corrected chi connectivity index (χ1v) is 10.0. The van der Waals surface area contributed by atoms with Gasteiger partial charge < -0.3 is 15.0 Å². The van der Waals surface area contributed by atoms with E-state index in [-0.39, 0.29) is 17.7 Å². The van der Waals surface area contributed by atoms with Gasteiger partial charge in [0.1, 0.15) is 6.04 Å². The smallest absolute Gasteiger partial charge is 0.338 e. The monoisotopic (exact) mass is 392 g/mol. The van der Waals surface area contributed by atoms with Gasteiger partial charge in [-0.15, -0.1) is 0 Å². The Bertz CT molecular complexity index is 967. The number of amides is 1. The van der Waals surface area contributed by atoms with Crippen LogP contribution in [-0.4, -0.2) is 36.4 Å². The van der Waals surface area contributed by atoms with Gasteiger partial charge in [-0.05, 0) is 49.9 Å².